The summed E-state index contributed by atoms with van der Waals surface area (Å²) < 4.78 is 11.0. The largest absolute Gasteiger partial charge is 0.451 e. The van der Waals surface area contributed by atoms with Crippen LogP contribution in [0.15, 0.2) is 57.4 Å². The molecule has 0 aliphatic carbocycles. The summed E-state index contributed by atoms with van der Waals surface area (Å²) in [6.07, 6.45) is 0. The van der Waals surface area contributed by atoms with Crippen LogP contribution in [-0.4, -0.2) is 10.9 Å². The Hall–Kier alpha value is -3.08. The van der Waals surface area contributed by atoms with Crippen LogP contribution in [-0.2, 0) is 0 Å². The molecule has 0 radical (unpaired) electrons. The van der Waals surface area contributed by atoms with Crippen molar-refractivity contribution in [3.63, 3.8) is 0 Å². The fourth-order valence-electron chi connectivity index (χ4n) is 2.41. The summed E-state index contributed by atoms with van der Waals surface area (Å²) in [6, 6.07) is 14.6. The summed E-state index contributed by atoms with van der Waals surface area (Å²) in [5.41, 5.74) is 2.74. The van der Waals surface area contributed by atoms with Crippen LogP contribution >= 0.6 is 0 Å². The van der Waals surface area contributed by atoms with E-state index < -0.39 is 0 Å². The number of para-hydroxylation sites is 1. The number of hydrogen-bond acceptors (Lipinski definition) is 4. The second kappa shape index (κ2) is 4.73. The quantitative estimate of drug-likeness (QED) is 0.603. The first-order chi connectivity index (χ1) is 10.7. The van der Waals surface area contributed by atoms with E-state index in [2.05, 4.69) is 10.3 Å². The highest BCUT2D eigenvalue weighted by Crippen LogP contribution is 2.22. The molecule has 0 saturated heterocycles. The molecule has 0 aliphatic heterocycles. The summed E-state index contributed by atoms with van der Waals surface area (Å²) in [5.74, 6) is 0.573. The van der Waals surface area contributed by atoms with E-state index in [0.29, 0.717) is 28.3 Å². The maximum absolute atomic E-state index is 12.3. The third kappa shape index (κ3) is 2.13. The zero-order valence-corrected chi connectivity index (χ0v) is 11.8. The van der Waals surface area contributed by atoms with E-state index in [1.165, 1.54) is 0 Å². The number of aromatic nitrogens is 1. The molecule has 5 nitrogen and oxygen atoms in total. The monoisotopic (exact) mass is 292 g/mol. The molecule has 108 valence electrons. The molecule has 0 atom stereocenters. The number of nitrogens with one attached hydrogen (secondary N) is 1. The molecular weight excluding hydrogens is 280 g/mol. The lowest BCUT2D eigenvalue weighted by Gasteiger charge is -2.02. The Morgan fingerprint density at radius 1 is 1.05 bits per heavy atom. The number of carbonyl (C=O) groups is 1. The SMILES string of the molecule is Cc1nc2cc(NC(=O)c3cc4ccccc4o3)ccc2o1. The summed E-state index contributed by atoms with van der Waals surface area (Å²) in [7, 11) is 0. The van der Waals surface area contributed by atoms with E-state index in [-0.39, 0.29) is 11.7 Å². The van der Waals surface area contributed by atoms with Gasteiger partial charge in [-0.3, -0.25) is 4.79 Å². The molecule has 1 amide bonds. The van der Waals surface area contributed by atoms with Gasteiger partial charge in [-0.1, -0.05) is 18.2 Å². The standard InChI is InChI=1S/C17H12N2O3/c1-10-18-13-9-12(6-7-15(13)21-10)19-17(20)16-8-11-4-2-3-5-14(11)22-16/h2-9H,1H3,(H,19,20). The van der Waals surface area contributed by atoms with Crippen molar-refractivity contribution < 1.29 is 13.6 Å². The van der Waals surface area contributed by atoms with Crippen molar-refractivity contribution >= 4 is 33.7 Å². The average Bonchev–Trinajstić information content (AvgIpc) is 3.08. The maximum Gasteiger partial charge on any atom is 0.291 e. The van der Waals surface area contributed by atoms with Crippen molar-refractivity contribution in [2.45, 2.75) is 6.92 Å². The molecular formula is C17H12N2O3. The lowest BCUT2D eigenvalue weighted by Crippen LogP contribution is -2.10. The Bertz CT molecular complexity index is 964. The van der Waals surface area contributed by atoms with E-state index in [9.17, 15) is 4.79 Å². The number of carbonyl (C=O) groups excluding carboxylic acids is 1. The predicted molar refractivity (Wildman–Crippen MR) is 82.9 cm³/mol. The van der Waals surface area contributed by atoms with Gasteiger partial charge in [-0.25, -0.2) is 4.98 Å². The van der Waals surface area contributed by atoms with Crippen LogP contribution in [0.25, 0.3) is 22.1 Å². The second-order valence-corrected chi connectivity index (χ2v) is 5.02. The van der Waals surface area contributed by atoms with Gasteiger partial charge in [0.2, 0.25) is 0 Å². The minimum absolute atomic E-state index is 0.276. The lowest BCUT2D eigenvalue weighted by molar-refractivity contribution is 0.0998. The fraction of sp³-hybridized carbons (Fsp3) is 0.0588. The van der Waals surface area contributed by atoms with Crippen LogP contribution in [0.3, 0.4) is 0 Å². The Morgan fingerprint density at radius 2 is 1.91 bits per heavy atom. The Morgan fingerprint density at radius 3 is 2.77 bits per heavy atom. The van der Waals surface area contributed by atoms with Gasteiger partial charge >= 0.3 is 0 Å². The first kappa shape index (κ1) is 12.6. The molecule has 0 saturated carbocycles. The van der Waals surface area contributed by atoms with Gasteiger partial charge in [-0.05, 0) is 30.3 Å². The van der Waals surface area contributed by atoms with E-state index >= 15 is 0 Å². The molecule has 0 unspecified atom stereocenters. The van der Waals surface area contributed by atoms with Gasteiger partial charge in [0.25, 0.3) is 5.91 Å². The lowest BCUT2D eigenvalue weighted by atomic mass is 10.2. The Balaban J connectivity index is 1.64. The van der Waals surface area contributed by atoms with E-state index in [0.717, 1.165) is 5.39 Å². The Labute approximate surface area is 125 Å². The molecule has 0 bridgehead atoms. The minimum atomic E-state index is -0.296. The van der Waals surface area contributed by atoms with Crippen LogP contribution in [0.4, 0.5) is 5.69 Å². The molecule has 1 N–H and O–H groups in total. The van der Waals surface area contributed by atoms with Gasteiger partial charge in [0.15, 0.2) is 17.2 Å². The van der Waals surface area contributed by atoms with E-state index in [4.69, 9.17) is 8.83 Å². The first-order valence-electron chi connectivity index (χ1n) is 6.86. The van der Waals surface area contributed by atoms with Crippen LogP contribution < -0.4 is 5.32 Å². The summed E-state index contributed by atoms with van der Waals surface area (Å²) in [4.78, 5) is 16.5. The number of furan rings is 1. The van der Waals surface area contributed by atoms with Crippen molar-refractivity contribution in [1.29, 1.82) is 0 Å². The molecule has 0 spiro atoms. The smallest absolute Gasteiger partial charge is 0.291 e. The van der Waals surface area contributed by atoms with Crippen molar-refractivity contribution in [3.8, 4) is 0 Å². The third-order valence-corrected chi connectivity index (χ3v) is 3.40. The molecule has 4 rings (SSSR count). The Kier molecular flexibility index (Phi) is 2.72. The number of benzene rings is 2. The minimum Gasteiger partial charge on any atom is -0.451 e. The summed E-state index contributed by atoms with van der Waals surface area (Å²) >= 11 is 0. The number of fused-ring (bicyclic) bond motifs is 2. The molecule has 0 aliphatic rings. The number of nitrogens with zero attached hydrogens (tertiary/aromatic N) is 1. The van der Waals surface area contributed by atoms with Crippen LogP contribution in [0.2, 0.25) is 0 Å². The fourth-order valence-corrected chi connectivity index (χ4v) is 2.41. The van der Waals surface area contributed by atoms with Crippen molar-refractivity contribution in [2.75, 3.05) is 5.32 Å². The number of hydrogen-bond donors (Lipinski definition) is 1. The van der Waals surface area contributed by atoms with Crippen LogP contribution in [0, 0.1) is 6.92 Å². The molecule has 2 heterocycles. The number of aryl methyl sites for hydroxylation is 1. The van der Waals surface area contributed by atoms with Gasteiger partial charge in [0.1, 0.15) is 11.1 Å². The van der Waals surface area contributed by atoms with Crippen molar-refractivity contribution in [1.82, 2.24) is 4.98 Å². The summed E-state index contributed by atoms with van der Waals surface area (Å²) in [5, 5.41) is 3.70. The molecule has 4 aromatic rings. The van der Waals surface area contributed by atoms with Gasteiger partial charge < -0.3 is 14.2 Å². The predicted octanol–water partition coefficient (Wildman–Crippen LogP) is 4.13. The van der Waals surface area contributed by atoms with Crippen molar-refractivity contribution in [3.05, 3.63) is 60.2 Å². The highest BCUT2D eigenvalue weighted by Gasteiger charge is 2.13. The molecule has 22 heavy (non-hydrogen) atoms. The highest BCUT2D eigenvalue weighted by atomic mass is 16.4. The molecule has 2 aromatic carbocycles. The zero-order chi connectivity index (χ0) is 15.1. The normalized spacial score (nSPS) is 11.1. The van der Waals surface area contributed by atoms with Gasteiger partial charge in [0, 0.05) is 18.0 Å². The first-order valence-corrected chi connectivity index (χ1v) is 6.86. The van der Waals surface area contributed by atoms with Crippen LogP contribution in [0.5, 0.6) is 0 Å². The summed E-state index contributed by atoms with van der Waals surface area (Å²) in [6.45, 7) is 1.78. The van der Waals surface area contributed by atoms with Gasteiger partial charge in [0.05, 0.1) is 0 Å². The molecule has 2 aromatic heterocycles. The molecule has 0 fully saturated rings. The highest BCUT2D eigenvalue weighted by molar-refractivity contribution is 6.05. The number of rotatable bonds is 2. The van der Waals surface area contributed by atoms with Crippen molar-refractivity contribution in [2.24, 2.45) is 0 Å². The maximum atomic E-state index is 12.3. The zero-order valence-electron chi connectivity index (χ0n) is 11.8. The second-order valence-electron chi connectivity index (χ2n) is 5.02. The van der Waals surface area contributed by atoms with Gasteiger partial charge in [-0.15, -0.1) is 0 Å². The number of oxazole rings is 1. The molecule has 5 heteroatoms. The van der Waals surface area contributed by atoms with Crippen LogP contribution in [0.1, 0.15) is 16.4 Å². The third-order valence-electron chi connectivity index (χ3n) is 3.40. The number of anilines is 1. The van der Waals surface area contributed by atoms with Gasteiger partial charge in [-0.2, -0.15) is 0 Å². The van der Waals surface area contributed by atoms with E-state index in [1.807, 2.05) is 24.3 Å². The topological polar surface area (TPSA) is 68.3 Å². The van der Waals surface area contributed by atoms with E-state index in [1.54, 1.807) is 31.2 Å². The average molecular weight is 292 g/mol. The number of amides is 1.